The lowest BCUT2D eigenvalue weighted by molar-refractivity contribution is 0.638. The van der Waals surface area contributed by atoms with Gasteiger partial charge in [-0.2, -0.15) is 5.10 Å². The molecular formula is C15H21N3. The maximum atomic E-state index is 4.57. The van der Waals surface area contributed by atoms with Gasteiger partial charge >= 0.3 is 0 Å². The Kier molecular flexibility index (Phi) is 3.82. The molecule has 0 amide bonds. The summed E-state index contributed by atoms with van der Waals surface area (Å²) in [5, 5.41) is 7.92. The molecule has 0 saturated heterocycles. The lowest BCUT2D eigenvalue weighted by atomic mass is 10.0. The van der Waals surface area contributed by atoms with Crippen molar-refractivity contribution in [2.75, 3.05) is 7.05 Å². The highest BCUT2D eigenvalue weighted by molar-refractivity contribution is 5.32. The summed E-state index contributed by atoms with van der Waals surface area (Å²) in [4.78, 5) is 0. The van der Waals surface area contributed by atoms with Crippen LogP contribution < -0.4 is 5.32 Å². The van der Waals surface area contributed by atoms with Crippen molar-refractivity contribution >= 4 is 0 Å². The zero-order valence-corrected chi connectivity index (χ0v) is 11.6. The first-order valence-electron chi connectivity index (χ1n) is 6.42. The van der Waals surface area contributed by atoms with Crippen molar-refractivity contribution in [3.05, 3.63) is 52.8 Å². The molecule has 1 heterocycles. The topological polar surface area (TPSA) is 29.9 Å². The first kappa shape index (κ1) is 12.8. The smallest absolute Gasteiger partial charge is 0.0841 e. The molecule has 1 N–H and O–H groups in total. The number of aryl methyl sites for hydroxylation is 3. The van der Waals surface area contributed by atoms with Gasteiger partial charge in [-0.15, -0.1) is 0 Å². The molecule has 18 heavy (non-hydrogen) atoms. The van der Waals surface area contributed by atoms with E-state index in [4.69, 9.17) is 0 Å². The van der Waals surface area contributed by atoms with Gasteiger partial charge in [0.25, 0.3) is 0 Å². The van der Waals surface area contributed by atoms with Crippen LogP contribution in [0.5, 0.6) is 0 Å². The van der Waals surface area contributed by atoms with Crippen LogP contribution in [-0.4, -0.2) is 16.8 Å². The summed E-state index contributed by atoms with van der Waals surface area (Å²) < 4.78 is 1.92. The predicted octanol–water partition coefficient (Wildman–Crippen LogP) is 2.60. The van der Waals surface area contributed by atoms with Gasteiger partial charge in [-0.25, -0.2) is 0 Å². The van der Waals surface area contributed by atoms with Crippen LogP contribution >= 0.6 is 0 Å². The fraction of sp³-hybridized carbons (Fsp3) is 0.400. The van der Waals surface area contributed by atoms with Crippen LogP contribution in [0.25, 0.3) is 0 Å². The Morgan fingerprint density at radius 2 is 2.11 bits per heavy atom. The standard InChI is InChI=1S/C15H21N3/c1-5-12-7-6-8-13(10-12)15(16-3)14-9-11(2)18(4)17-14/h6-10,15-16H,5H2,1-4H3. The third-order valence-electron chi connectivity index (χ3n) is 3.41. The molecule has 3 nitrogen and oxygen atoms in total. The summed E-state index contributed by atoms with van der Waals surface area (Å²) in [5.74, 6) is 0. The summed E-state index contributed by atoms with van der Waals surface area (Å²) in [7, 11) is 3.96. The number of nitrogens with one attached hydrogen (secondary N) is 1. The second-order valence-corrected chi connectivity index (χ2v) is 4.65. The average molecular weight is 243 g/mol. The minimum absolute atomic E-state index is 0.163. The summed E-state index contributed by atoms with van der Waals surface area (Å²) in [6.07, 6.45) is 1.06. The largest absolute Gasteiger partial charge is 0.308 e. The van der Waals surface area contributed by atoms with E-state index in [0.29, 0.717) is 0 Å². The molecule has 96 valence electrons. The monoisotopic (exact) mass is 243 g/mol. The zero-order chi connectivity index (χ0) is 13.1. The molecular weight excluding hydrogens is 222 g/mol. The zero-order valence-electron chi connectivity index (χ0n) is 11.6. The predicted molar refractivity (Wildman–Crippen MR) is 74.7 cm³/mol. The number of hydrogen-bond acceptors (Lipinski definition) is 2. The number of hydrogen-bond donors (Lipinski definition) is 1. The van der Waals surface area contributed by atoms with Gasteiger partial charge in [-0.05, 0) is 37.6 Å². The lowest BCUT2D eigenvalue weighted by Crippen LogP contribution is -2.18. The highest BCUT2D eigenvalue weighted by Crippen LogP contribution is 2.22. The molecule has 0 saturated carbocycles. The van der Waals surface area contributed by atoms with Crippen molar-refractivity contribution < 1.29 is 0 Å². The maximum Gasteiger partial charge on any atom is 0.0841 e. The van der Waals surface area contributed by atoms with Crippen molar-refractivity contribution in [3.8, 4) is 0 Å². The summed E-state index contributed by atoms with van der Waals surface area (Å²) >= 11 is 0. The number of benzene rings is 1. The Hall–Kier alpha value is -1.61. The molecule has 1 aromatic carbocycles. The van der Waals surface area contributed by atoms with Crippen LogP contribution in [-0.2, 0) is 13.5 Å². The van der Waals surface area contributed by atoms with Crippen molar-refractivity contribution in [2.45, 2.75) is 26.3 Å². The highest BCUT2D eigenvalue weighted by atomic mass is 15.3. The van der Waals surface area contributed by atoms with Crippen LogP contribution in [0.3, 0.4) is 0 Å². The molecule has 0 aliphatic heterocycles. The maximum absolute atomic E-state index is 4.57. The molecule has 0 bridgehead atoms. The lowest BCUT2D eigenvalue weighted by Gasteiger charge is -2.15. The normalized spacial score (nSPS) is 12.7. The summed E-state index contributed by atoms with van der Waals surface area (Å²) in [6.45, 7) is 4.25. The van der Waals surface area contributed by atoms with Gasteiger partial charge in [0, 0.05) is 12.7 Å². The van der Waals surface area contributed by atoms with Gasteiger partial charge in [-0.1, -0.05) is 31.2 Å². The molecule has 1 atom stereocenters. The summed E-state index contributed by atoms with van der Waals surface area (Å²) in [6, 6.07) is 11.0. The van der Waals surface area contributed by atoms with Crippen molar-refractivity contribution in [2.24, 2.45) is 7.05 Å². The second kappa shape index (κ2) is 5.36. The highest BCUT2D eigenvalue weighted by Gasteiger charge is 2.15. The molecule has 0 fully saturated rings. The van der Waals surface area contributed by atoms with Gasteiger partial charge in [0.05, 0.1) is 11.7 Å². The van der Waals surface area contributed by atoms with Crippen molar-refractivity contribution in [1.29, 1.82) is 0 Å². The fourth-order valence-electron chi connectivity index (χ4n) is 2.21. The van der Waals surface area contributed by atoms with E-state index in [1.807, 2.05) is 18.8 Å². The molecule has 0 spiro atoms. The van der Waals surface area contributed by atoms with E-state index in [1.54, 1.807) is 0 Å². The Morgan fingerprint density at radius 1 is 1.33 bits per heavy atom. The fourth-order valence-corrected chi connectivity index (χ4v) is 2.21. The third-order valence-corrected chi connectivity index (χ3v) is 3.41. The molecule has 2 rings (SSSR count). The average Bonchev–Trinajstić information content (AvgIpc) is 2.70. The van der Waals surface area contributed by atoms with E-state index in [1.165, 1.54) is 16.8 Å². The molecule has 2 aromatic rings. The van der Waals surface area contributed by atoms with E-state index in [-0.39, 0.29) is 6.04 Å². The second-order valence-electron chi connectivity index (χ2n) is 4.65. The van der Waals surface area contributed by atoms with Crippen molar-refractivity contribution in [1.82, 2.24) is 15.1 Å². The van der Waals surface area contributed by atoms with Crippen LogP contribution in [0.2, 0.25) is 0 Å². The third kappa shape index (κ3) is 2.46. The van der Waals surface area contributed by atoms with E-state index in [0.717, 1.165) is 12.1 Å². The van der Waals surface area contributed by atoms with Gasteiger partial charge in [0.15, 0.2) is 0 Å². The van der Waals surface area contributed by atoms with Crippen molar-refractivity contribution in [3.63, 3.8) is 0 Å². The van der Waals surface area contributed by atoms with Crippen LogP contribution in [0, 0.1) is 6.92 Å². The Morgan fingerprint density at radius 3 is 2.67 bits per heavy atom. The number of aromatic nitrogens is 2. The number of nitrogens with zero attached hydrogens (tertiary/aromatic N) is 2. The Bertz CT molecular complexity index is 509. The first-order valence-corrected chi connectivity index (χ1v) is 6.42. The van der Waals surface area contributed by atoms with Gasteiger partial charge in [0.2, 0.25) is 0 Å². The van der Waals surface area contributed by atoms with Gasteiger partial charge < -0.3 is 5.32 Å². The van der Waals surface area contributed by atoms with E-state index in [2.05, 4.69) is 54.6 Å². The van der Waals surface area contributed by atoms with E-state index in [9.17, 15) is 0 Å². The Balaban J connectivity index is 2.38. The van der Waals surface area contributed by atoms with Gasteiger partial charge in [-0.3, -0.25) is 4.68 Å². The molecule has 3 heteroatoms. The molecule has 0 radical (unpaired) electrons. The van der Waals surface area contributed by atoms with Crippen LogP contribution in [0.15, 0.2) is 30.3 Å². The molecule has 0 aliphatic rings. The Labute approximate surface area is 109 Å². The minimum Gasteiger partial charge on any atom is -0.308 e. The number of rotatable bonds is 4. The van der Waals surface area contributed by atoms with Crippen LogP contribution in [0.4, 0.5) is 0 Å². The quantitative estimate of drug-likeness (QED) is 0.894. The molecule has 1 unspecified atom stereocenters. The van der Waals surface area contributed by atoms with Gasteiger partial charge in [0.1, 0.15) is 0 Å². The molecule has 1 aromatic heterocycles. The molecule has 0 aliphatic carbocycles. The van der Waals surface area contributed by atoms with E-state index < -0.39 is 0 Å². The van der Waals surface area contributed by atoms with E-state index >= 15 is 0 Å². The summed E-state index contributed by atoms with van der Waals surface area (Å²) in [5.41, 5.74) is 4.89. The first-order chi connectivity index (χ1) is 8.65. The SMILES string of the molecule is CCc1cccc(C(NC)c2cc(C)n(C)n2)c1. The minimum atomic E-state index is 0.163. The van der Waals surface area contributed by atoms with Crippen LogP contribution in [0.1, 0.15) is 35.5 Å².